The van der Waals surface area contributed by atoms with Gasteiger partial charge in [0.1, 0.15) is 4.90 Å². The molecule has 0 N–H and O–H groups in total. The second-order valence-corrected chi connectivity index (χ2v) is 7.28. The maximum absolute atomic E-state index is 12.4. The fourth-order valence-electron chi connectivity index (χ4n) is 2.82. The fraction of sp³-hybridized carbons (Fsp3) is 0.615. The number of hydrogen-bond acceptors (Lipinski definition) is 5. The molecule has 1 aromatic heterocycles. The number of rotatable bonds is 3. The molecule has 0 aliphatic carbocycles. The molecule has 2 fully saturated rings. The Morgan fingerprint density at radius 3 is 2.95 bits per heavy atom. The van der Waals surface area contributed by atoms with Gasteiger partial charge in [0, 0.05) is 45.6 Å². The number of sulfonamides is 1. The molecule has 110 valence electrons. The SMILES string of the molecule is COC1CCOC2(C1)CN(S(=O)(=O)c1cccnc1)C2. The van der Waals surface area contributed by atoms with Gasteiger partial charge in [-0.25, -0.2) is 8.42 Å². The molecule has 0 bridgehead atoms. The molecule has 6 nitrogen and oxygen atoms in total. The van der Waals surface area contributed by atoms with Gasteiger partial charge in [0.05, 0.1) is 11.7 Å². The Morgan fingerprint density at radius 1 is 1.50 bits per heavy atom. The second-order valence-electron chi connectivity index (χ2n) is 5.34. The van der Waals surface area contributed by atoms with Crippen molar-refractivity contribution in [2.45, 2.75) is 29.4 Å². The van der Waals surface area contributed by atoms with Gasteiger partial charge < -0.3 is 9.47 Å². The Hall–Kier alpha value is -1.02. The zero-order valence-corrected chi connectivity index (χ0v) is 12.2. The van der Waals surface area contributed by atoms with Gasteiger partial charge in [-0.1, -0.05) is 0 Å². The third-order valence-electron chi connectivity index (χ3n) is 3.98. The predicted molar refractivity (Wildman–Crippen MR) is 71.7 cm³/mol. The van der Waals surface area contributed by atoms with Crippen LogP contribution in [0.1, 0.15) is 12.8 Å². The average Bonchev–Trinajstić information content (AvgIpc) is 2.45. The number of nitrogens with zero attached hydrogens (tertiary/aromatic N) is 2. The summed E-state index contributed by atoms with van der Waals surface area (Å²) in [6, 6.07) is 3.19. The van der Waals surface area contributed by atoms with E-state index in [1.54, 1.807) is 25.4 Å². The standard InChI is InChI=1S/C13H18N2O4S/c1-18-11-4-6-19-13(7-11)9-15(10-13)20(16,17)12-3-2-5-14-8-12/h2-3,5,8,11H,4,6-7,9-10H2,1H3. The van der Waals surface area contributed by atoms with Gasteiger partial charge >= 0.3 is 0 Å². The van der Waals surface area contributed by atoms with Gasteiger partial charge in [-0.2, -0.15) is 4.31 Å². The highest BCUT2D eigenvalue weighted by Crippen LogP contribution is 2.37. The number of aromatic nitrogens is 1. The van der Waals surface area contributed by atoms with Crippen molar-refractivity contribution in [2.24, 2.45) is 0 Å². The van der Waals surface area contributed by atoms with Crippen LogP contribution in [0.15, 0.2) is 29.4 Å². The zero-order chi connectivity index (χ0) is 14.2. The molecule has 1 unspecified atom stereocenters. The van der Waals surface area contributed by atoms with E-state index >= 15 is 0 Å². The van der Waals surface area contributed by atoms with Gasteiger partial charge in [0.2, 0.25) is 10.0 Å². The minimum Gasteiger partial charge on any atom is -0.381 e. The van der Waals surface area contributed by atoms with E-state index < -0.39 is 10.0 Å². The van der Waals surface area contributed by atoms with Gasteiger partial charge in [-0.15, -0.1) is 0 Å². The molecule has 20 heavy (non-hydrogen) atoms. The molecular formula is C13H18N2O4S. The van der Waals surface area contributed by atoms with Crippen LogP contribution in [0.25, 0.3) is 0 Å². The molecule has 1 atom stereocenters. The van der Waals surface area contributed by atoms with Crippen LogP contribution < -0.4 is 0 Å². The quantitative estimate of drug-likeness (QED) is 0.819. The van der Waals surface area contributed by atoms with Crippen molar-refractivity contribution in [3.63, 3.8) is 0 Å². The van der Waals surface area contributed by atoms with Crippen molar-refractivity contribution >= 4 is 10.0 Å². The Kier molecular flexibility index (Phi) is 3.53. The minimum absolute atomic E-state index is 0.159. The maximum atomic E-state index is 12.4. The van der Waals surface area contributed by atoms with Crippen molar-refractivity contribution in [3.05, 3.63) is 24.5 Å². The largest absolute Gasteiger partial charge is 0.381 e. The van der Waals surface area contributed by atoms with E-state index in [4.69, 9.17) is 9.47 Å². The third-order valence-corrected chi connectivity index (χ3v) is 5.76. The van der Waals surface area contributed by atoms with E-state index in [0.29, 0.717) is 19.7 Å². The van der Waals surface area contributed by atoms with E-state index in [1.165, 1.54) is 10.5 Å². The predicted octanol–water partition coefficient (Wildman–Crippen LogP) is 0.650. The van der Waals surface area contributed by atoms with Crippen molar-refractivity contribution in [1.82, 2.24) is 9.29 Å². The van der Waals surface area contributed by atoms with E-state index in [0.717, 1.165) is 12.8 Å². The Bertz CT molecular complexity index is 569. The highest BCUT2D eigenvalue weighted by molar-refractivity contribution is 7.89. The first-order valence-electron chi connectivity index (χ1n) is 6.63. The van der Waals surface area contributed by atoms with Gasteiger partial charge in [-0.05, 0) is 18.6 Å². The third kappa shape index (κ3) is 2.35. The smallest absolute Gasteiger partial charge is 0.244 e. The summed E-state index contributed by atoms with van der Waals surface area (Å²) in [6.07, 6.45) is 4.72. The summed E-state index contributed by atoms with van der Waals surface area (Å²) in [5, 5.41) is 0. The Labute approximate surface area is 118 Å². The highest BCUT2D eigenvalue weighted by Gasteiger charge is 2.52. The minimum atomic E-state index is -3.45. The zero-order valence-electron chi connectivity index (χ0n) is 11.4. The lowest BCUT2D eigenvalue weighted by Crippen LogP contribution is -2.67. The van der Waals surface area contributed by atoms with Crippen molar-refractivity contribution in [1.29, 1.82) is 0 Å². The fourth-order valence-corrected chi connectivity index (χ4v) is 4.37. The van der Waals surface area contributed by atoms with E-state index in [1.807, 2.05) is 0 Å². The Balaban J connectivity index is 1.71. The summed E-state index contributed by atoms with van der Waals surface area (Å²) >= 11 is 0. The maximum Gasteiger partial charge on any atom is 0.244 e. The molecule has 0 aromatic carbocycles. The number of pyridine rings is 1. The average molecular weight is 298 g/mol. The lowest BCUT2D eigenvalue weighted by atomic mass is 9.86. The van der Waals surface area contributed by atoms with Crippen LogP contribution in [-0.2, 0) is 19.5 Å². The van der Waals surface area contributed by atoms with Gasteiger partial charge in [0.15, 0.2) is 0 Å². The van der Waals surface area contributed by atoms with Crippen molar-refractivity contribution in [3.8, 4) is 0 Å². The first-order valence-corrected chi connectivity index (χ1v) is 8.07. The topological polar surface area (TPSA) is 68.7 Å². The molecule has 3 heterocycles. The summed E-state index contributed by atoms with van der Waals surface area (Å²) in [7, 11) is -1.76. The molecule has 1 spiro atoms. The molecule has 0 amide bonds. The van der Waals surface area contributed by atoms with Gasteiger partial charge in [-0.3, -0.25) is 4.98 Å². The lowest BCUT2D eigenvalue weighted by Gasteiger charge is -2.51. The summed E-state index contributed by atoms with van der Waals surface area (Å²) in [5.41, 5.74) is -0.367. The summed E-state index contributed by atoms with van der Waals surface area (Å²) in [4.78, 5) is 4.09. The normalized spacial score (nSPS) is 26.4. The molecule has 0 radical (unpaired) electrons. The van der Waals surface area contributed by atoms with Crippen LogP contribution in [-0.4, -0.2) is 56.2 Å². The number of hydrogen-bond donors (Lipinski definition) is 0. The van der Waals surface area contributed by atoms with E-state index in [-0.39, 0.29) is 16.6 Å². The van der Waals surface area contributed by atoms with E-state index in [9.17, 15) is 8.42 Å². The molecular weight excluding hydrogens is 280 g/mol. The van der Waals surface area contributed by atoms with Crippen LogP contribution in [0, 0.1) is 0 Å². The molecule has 1 aromatic rings. The van der Waals surface area contributed by atoms with Gasteiger partial charge in [0.25, 0.3) is 0 Å². The lowest BCUT2D eigenvalue weighted by molar-refractivity contribution is -0.173. The molecule has 0 saturated carbocycles. The van der Waals surface area contributed by atoms with Crippen molar-refractivity contribution < 1.29 is 17.9 Å². The molecule has 3 rings (SSSR count). The molecule has 2 aliphatic rings. The first kappa shape index (κ1) is 13.9. The summed E-state index contributed by atoms with van der Waals surface area (Å²) in [6.45, 7) is 1.41. The van der Waals surface area contributed by atoms with E-state index in [2.05, 4.69) is 4.98 Å². The monoisotopic (exact) mass is 298 g/mol. The first-order chi connectivity index (χ1) is 9.56. The van der Waals surface area contributed by atoms with Crippen LogP contribution in [0.5, 0.6) is 0 Å². The highest BCUT2D eigenvalue weighted by atomic mass is 32.2. The summed E-state index contributed by atoms with van der Waals surface area (Å²) < 4.78 is 37.4. The summed E-state index contributed by atoms with van der Waals surface area (Å²) in [5.74, 6) is 0. The number of ether oxygens (including phenoxy) is 2. The van der Waals surface area contributed by atoms with Crippen LogP contribution >= 0.6 is 0 Å². The van der Waals surface area contributed by atoms with Crippen LogP contribution in [0.3, 0.4) is 0 Å². The number of methoxy groups -OCH3 is 1. The molecule has 2 saturated heterocycles. The second kappa shape index (κ2) is 5.07. The van der Waals surface area contributed by atoms with Crippen LogP contribution in [0.4, 0.5) is 0 Å². The van der Waals surface area contributed by atoms with Crippen LogP contribution in [0.2, 0.25) is 0 Å². The van der Waals surface area contributed by atoms with Crippen molar-refractivity contribution in [2.75, 3.05) is 26.8 Å². The molecule has 2 aliphatic heterocycles. The Morgan fingerprint density at radius 2 is 2.30 bits per heavy atom. The molecule has 7 heteroatoms.